The maximum atomic E-state index is 12.2. The SMILES string of the molecule is CC(C(=O)O)n1nccc1C(=O)Nc1ccc([N+](=O)[O-])cc1Cl. The molecule has 1 aromatic heterocycles. The minimum atomic E-state index is -1.14. The first kappa shape index (κ1) is 16.4. The highest BCUT2D eigenvalue weighted by molar-refractivity contribution is 6.34. The molecule has 2 rings (SSSR count). The van der Waals surface area contributed by atoms with Gasteiger partial charge in [0.1, 0.15) is 11.7 Å². The van der Waals surface area contributed by atoms with E-state index < -0.39 is 22.8 Å². The first-order chi connectivity index (χ1) is 10.8. The smallest absolute Gasteiger partial charge is 0.328 e. The quantitative estimate of drug-likeness (QED) is 0.636. The lowest BCUT2D eigenvalue weighted by Crippen LogP contribution is -2.24. The molecule has 1 heterocycles. The Balaban J connectivity index is 2.25. The number of nitrogens with one attached hydrogen (secondary N) is 1. The number of benzene rings is 1. The number of nitrogens with zero attached hydrogens (tertiary/aromatic N) is 3. The van der Waals surface area contributed by atoms with Gasteiger partial charge in [0.2, 0.25) is 0 Å². The Kier molecular flexibility index (Phi) is 4.60. The number of carbonyl (C=O) groups excluding carboxylic acids is 1. The number of rotatable bonds is 5. The number of nitro benzene ring substituents is 1. The van der Waals surface area contributed by atoms with Crippen LogP contribution in [0, 0.1) is 10.1 Å². The maximum absolute atomic E-state index is 12.2. The van der Waals surface area contributed by atoms with Crippen LogP contribution in [0.5, 0.6) is 0 Å². The molecule has 1 aromatic carbocycles. The molecule has 0 aliphatic heterocycles. The summed E-state index contributed by atoms with van der Waals surface area (Å²) < 4.78 is 1.05. The van der Waals surface area contributed by atoms with E-state index >= 15 is 0 Å². The molecular formula is C13H11ClN4O5. The highest BCUT2D eigenvalue weighted by Crippen LogP contribution is 2.27. The molecule has 0 bridgehead atoms. The van der Waals surface area contributed by atoms with Crippen molar-refractivity contribution in [3.05, 3.63) is 51.3 Å². The molecule has 0 saturated carbocycles. The van der Waals surface area contributed by atoms with Crippen molar-refractivity contribution < 1.29 is 19.6 Å². The Morgan fingerprint density at radius 3 is 2.70 bits per heavy atom. The molecule has 0 fully saturated rings. The standard InChI is InChI=1S/C13H11ClN4O5/c1-7(13(20)21)17-11(4-5-15-17)12(19)16-10-3-2-8(18(22)23)6-9(10)14/h2-7H,1H3,(H,16,19)(H,20,21). The van der Waals surface area contributed by atoms with Crippen LogP contribution in [0.2, 0.25) is 5.02 Å². The number of non-ortho nitro benzene ring substituents is 1. The Morgan fingerprint density at radius 2 is 2.13 bits per heavy atom. The zero-order valence-electron chi connectivity index (χ0n) is 11.8. The predicted molar refractivity (Wildman–Crippen MR) is 80.6 cm³/mol. The van der Waals surface area contributed by atoms with Gasteiger partial charge in [0.25, 0.3) is 11.6 Å². The van der Waals surface area contributed by atoms with E-state index in [2.05, 4.69) is 10.4 Å². The fourth-order valence-corrected chi connectivity index (χ4v) is 2.03. The molecule has 23 heavy (non-hydrogen) atoms. The predicted octanol–water partition coefficient (Wildman–Crippen LogP) is 2.34. The normalized spacial score (nSPS) is 11.7. The van der Waals surface area contributed by atoms with Crippen molar-refractivity contribution in [1.29, 1.82) is 0 Å². The van der Waals surface area contributed by atoms with Gasteiger partial charge in [-0.2, -0.15) is 5.10 Å². The summed E-state index contributed by atoms with van der Waals surface area (Å²) in [5.74, 6) is -1.78. The summed E-state index contributed by atoms with van der Waals surface area (Å²) >= 11 is 5.90. The Bertz CT molecular complexity index is 788. The Morgan fingerprint density at radius 1 is 1.43 bits per heavy atom. The van der Waals surface area contributed by atoms with Gasteiger partial charge in [0, 0.05) is 18.3 Å². The summed E-state index contributed by atoms with van der Waals surface area (Å²) in [4.78, 5) is 33.3. The van der Waals surface area contributed by atoms with Crippen LogP contribution in [0.15, 0.2) is 30.5 Å². The molecule has 1 amide bonds. The van der Waals surface area contributed by atoms with Crippen molar-refractivity contribution in [3.63, 3.8) is 0 Å². The van der Waals surface area contributed by atoms with Crippen molar-refractivity contribution in [2.45, 2.75) is 13.0 Å². The van der Waals surface area contributed by atoms with E-state index in [1.807, 2.05) is 0 Å². The number of hydrogen-bond acceptors (Lipinski definition) is 5. The topological polar surface area (TPSA) is 127 Å². The third-order valence-electron chi connectivity index (χ3n) is 3.04. The summed E-state index contributed by atoms with van der Waals surface area (Å²) in [6.07, 6.45) is 1.30. The number of hydrogen-bond donors (Lipinski definition) is 2. The van der Waals surface area contributed by atoms with Crippen molar-refractivity contribution >= 4 is 34.9 Å². The second-order valence-electron chi connectivity index (χ2n) is 4.55. The first-order valence-corrected chi connectivity index (χ1v) is 6.70. The van der Waals surface area contributed by atoms with Gasteiger partial charge in [-0.25, -0.2) is 9.48 Å². The number of aromatic nitrogens is 2. The van der Waals surface area contributed by atoms with E-state index in [0.29, 0.717) is 0 Å². The molecular weight excluding hydrogens is 328 g/mol. The minimum absolute atomic E-state index is 0.00935. The van der Waals surface area contributed by atoms with Crippen molar-refractivity contribution in [1.82, 2.24) is 9.78 Å². The monoisotopic (exact) mass is 338 g/mol. The van der Waals surface area contributed by atoms with Crippen LogP contribution < -0.4 is 5.32 Å². The van der Waals surface area contributed by atoms with Crippen LogP contribution in [0.25, 0.3) is 0 Å². The fourth-order valence-electron chi connectivity index (χ4n) is 1.81. The van der Waals surface area contributed by atoms with Crippen LogP contribution in [0.3, 0.4) is 0 Å². The lowest BCUT2D eigenvalue weighted by atomic mass is 10.2. The van der Waals surface area contributed by atoms with E-state index in [4.69, 9.17) is 16.7 Å². The van der Waals surface area contributed by atoms with E-state index in [9.17, 15) is 19.7 Å². The maximum Gasteiger partial charge on any atom is 0.328 e. The fraction of sp³-hybridized carbons (Fsp3) is 0.154. The summed E-state index contributed by atoms with van der Waals surface area (Å²) in [7, 11) is 0. The van der Waals surface area contributed by atoms with Crippen LogP contribution in [-0.2, 0) is 4.79 Å². The van der Waals surface area contributed by atoms with Gasteiger partial charge < -0.3 is 10.4 Å². The second-order valence-corrected chi connectivity index (χ2v) is 4.96. The summed E-state index contributed by atoms with van der Waals surface area (Å²) in [5, 5.41) is 25.9. The molecule has 0 spiro atoms. The van der Waals surface area contributed by atoms with Gasteiger partial charge in [-0.1, -0.05) is 11.6 Å². The highest BCUT2D eigenvalue weighted by Gasteiger charge is 2.21. The Labute approximate surface area is 134 Å². The number of carboxylic acids is 1. The summed E-state index contributed by atoms with van der Waals surface area (Å²) in [6.45, 7) is 1.38. The average molecular weight is 339 g/mol. The number of aliphatic carboxylic acids is 1. The molecule has 2 N–H and O–H groups in total. The molecule has 1 unspecified atom stereocenters. The van der Waals surface area contributed by atoms with Crippen LogP contribution >= 0.6 is 11.6 Å². The number of anilines is 1. The second kappa shape index (κ2) is 6.44. The van der Waals surface area contributed by atoms with E-state index in [-0.39, 0.29) is 22.1 Å². The minimum Gasteiger partial charge on any atom is -0.480 e. The van der Waals surface area contributed by atoms with Gasteiger partial charge in [-0.15, -0.1) is 0 Å². The average Bonchev–Trinajstić information content (AvgIpc) is 2.97. The van der Waals surface area contributed by atoms with E-state index in [1.165, 1.54) is 31.3 Å². The van der Waals surface area contributed by atoms with Gasteiger partial charge in [0.05, 0.1) is 15.6 Å². The molecule has 0 saturated heterocycles. The van der Waals surface area contributed by atoms with Crippen LogP contribution in [0.1, 0.15) is 23.5 Å². The lowest BCUT2D eigenvalue weighted by Gasteiger charge is -2.12. The van der Waals surface area contributed by atoms with Crippen LogP contribution in [-0.4, -0.2) is 31.7 Å². The third-order valence-corrected chi connectivity index (χ3v) is 3.35. The number of halogens is 1. The Hall–Kier alpha value is -2.94. The molecule has 10 heteroatoms. The van der Waals surface area contributed by atoms with Crippen molar-refractivity contribution in [2.75, 3.05) is 5.32 Å². The summed E-state index contributed by atoms with van der Waals surface area (Å²) in [6, 6.07) is 3.92. The summed E-state index contributed by atoms with van der Waals surface area (Å²) in [5.41, 5.74) is -0.0233. The number of amides is 1. The van der Waals surface area contributed by atoms with Gasteiger partial charge in [-0.05, 0) is 19.1 Å². The van der Waals surface area contributed by atoms with E-state index in [1.54, 1.807) is 0 Å². The number of carbonyl (C=O) groups is 2. The van der Waals surface area contributed by atoms with Gasteiger partial charge in [0.15, 0.2) is 0 Å². The van der Waals surface area contributed by atoms with Crippen molar-refractivity contribution in [2.24, 2.45) is 0 Å². The van der Waals surface area contributed by atoms with Gasteiger partial charge in [-0.3, -0.25) is 14.9 Å². The third kappa shape index (κ3) is 3.46. The lowest BCUT2D eigenvalue weighted by molar-refractivity contribution is -0.384. The van der Waals surface area contributed by atoms with Gasteiger partial charge >= 0.3 is 5.97 Å². The molecule has 9 nitrogen and oxygen atoms in total. The largest absolute Gasteiger partial charge is 0.480 e. The molecule has 0 aliphatic carbocycles. The number of nitro groups is 1. The van der Waals surface area contributed by atoms with Crippen molar-refractivity contribution in [3.8, 4) is 0 Å². The highest BCUT2D eigenvalue weighted by atomic mass is 35.5. The number of carboxylic acid groups (broad SMARTS) is 1. The molecule has 120 valence electrons. The zero-order chi connectivity index (χ0) is 17.1. The molecule has 0 aliphatic rings. The van der Waals surface area contributed by atoms with E-state index in [0.717, 1.165) is 10.7 Å². The first-order valence-electron chi connectivity index (χ1n) is 6.33. The zero-order valence-corrected chi connectivity index (χ0v) is 12.5. The molecule has 1 atom stereocenters. The van der Waals surface area contributed by atoms with Crippen LogP contribution in [0.4, 0.5) is 11.4 Å². The molecule has 0 radical (unpaired) electrons. The molecule has 2 aromatic rings.